The number of nitrogens with two attached hydrogens (primary N) is 2. The van der Waals surface area contributed by atoms with Crippen molar-refractivity contribution in [3.05, 3.63) is 184 Å². The number of nitrogens with one attached hydrogen (secondary N) is 10. The van der Waals surface area contributed by atoms with E-state index >= 15 is 24.0 Å². The van der Waals surface area contributed by atoms with E-state index in [1.54, 1.807) is 91.5 Å². The zero-order chi connectivity index (χ0) is 85.8. The number of ether oxygens (including phenoxy) is 1. The minimum Gasteiger partial charge on any atom is -0.481 e. The van der Waals surface area contributed by atoms with Gasteiger partial charge in [0, 0.05) is 102 Å². The Kier molecular flexibility index (Phi) is 34.0. The van der Waals surface area contributed by atoms with Gasteiger partial charge in [-0.05, 0) is 113 Å². The summed E-state index contributed by atoms with van der Waals surface area (Å²) in [5, 5.41) is 64.5. The molecule has 636 valence electrons. The number of carbonyl (C=O) groups excluding carboxylic acids is 11. The average molecular weight is 1660 g/mol. The number of benzene rings is 5. The number of halogens is 1. The number of aliphatic carboxylic acids is 2. The Hall–Kier alpha value is -12.0. The first-order valence-electron chi connectivity index (χ1n) is 39.7. The van der Waals surface area contributed by atoms with Gasteiger partial charge in [-0.1, -0.05) is 135 Å². The maximum Gasteiger partial charge on any atom is 0.325 e. The number of hydrogen-bond donors (Lipinski definition) is 15. The molecule has 5 aromatic carbocycles. The fourth-order valence-electron chi connectivity index (χ4n) is 14.4. The van der Waals surface area contributed by atoms with Crippen LogP contribution in [0.2, 0.25) is 5.02 Å². The van der Waals surface area contributed by atoms with Gasteiger partial charge in [-0.15, -0.1) is 0 Å². The molecule has 1 aromatic heterocycles. The number of aliphatic hydroxyl groups excluding tert-OH is 1. The molecule has 3 saturated heterocycles. The molecule has 0 spiro atoms. The molecular formula is C84H106ClN17O17. The second kappa shape index (κ2) is 44.5. The summed E-state index contributed by atoms with van der Waals surface area (Å²) in [7, 11) is 0. The van der Waals surface area contributed by atoms with Gasteiger partial charge in [0.25, 0.3) is 5.91 Å². The lowest BCUT2D eigenvalue weighted by atomic mass is 9.99. The van der Waals surface area contributed by atoms with E-state index < -0.39 is 144 Å². The van der Waals surface area contributed by atoms with E-state index in [0.717, 1.165) is 26.8 Å². The van der Waals surface area contributed by atoms with Crippen LogP contribution in [-0.2, 0) is 107 Å². The highest BCUT2D eigenvalue weighted by molar-refractivity contribution is 6.30. The standard InChI is InChI=1S/C84H106ClN17O17/c1-50(2)39-63(74(109)92-62(12-7-31-90-83(87)88)81(116)101-32-8-13-69(101)79(114)91-51(3)73(86)108)93-75(110)64(41-52-16-20-56(21-17-52)48-100-35-37-119-38-36-100)94-76(111)65(42-53-14-18-55(19-15-53)47-99(33-28-71(104)105)34-29-72(106)107)95-78(113)68(49-103)97-77(112)66(44-58-9-6-30-89-46-58)96-80(115)70(45-54-23-26-61(85)27-24-54)102-82(117)67(98-84(102)118)43-57-22-25-59-10-4-5-11-60(59)40-57/h4-6,9-11,14-27,30,40,46,50-51,62-70,103H,7-8,12-13,28-29,31-39,41-45,47-49H2,1-3H3,(H2,86,108)(H,91,114)(H,92,109)(H,93,110)(H,94,111)(H,95,113)(H,96,115)(H,97,112)(H,98,118)(H,104,105)(H,106,107)(H4,87,88,90)/t51-,62+,63+,64-,65+,66-,67?,68+,69+,70?/m1/s1. The van der Waals surface area contributed by atoms with Crippen molar-refractivity contribution < 1.29 is 82.4 Å². The van der Waals surface area contributed by atoms with Crippen LogP contribution >= 0.6 is 11.6 Å². The second-order valence-corrected chi connectivity index (χ2v) is 30.9. The number of amides is 12. The highest BCUT2D eigenvalue weighted by Crippen LogP contribution is 2.25. The number of rotatable bonds is 44. The third kappa shape index (κ3) is 27.8. The number of nitrogens with zero attached hydrogens (tertiary/aromatic N) is 5. The molecule has 119 heavy (non-hydrogen) atoms. The number of aliphatic hydroxyl groups is 1. The lowest BCUT2D eigenvalue weighted by Crippen LogP contribution is -2.61. The van der Waals surface area contributed by atoms with Gasteiger partial charge >= 0.3 is 18.0 Å². The van der Waals surface area contributed by atoms with Crippen molar-refractivity contribution in [2.24, 2.45) is 17.4 Å². The van der Waals surface area contributed by atoms with Crippen LogP contribution in [0.15, 0.2) is 140 Å². The molecule has 0 saturated carbocycles. The summed E-state index contributed by atoms with van der Waals surface area (Å²) >= 11 is 6.28. The van der Waals surface area contributed by atoms with E-state index in [1.165, 1.54) is 24.2 Å². The summed E-state index contributed by atoms with van der Waals surface area (Å²) in [6.45, 7) is 7.24. The van der Waals surface area contributed by atoms with Crippen molar-refractivity contribution in [2.75, 3.05) is 59.1 Å². The quantitative estimate of drug-likeness (QED) is 0.0111. The molecule has 17 N–H and O–H groups in total. The Balaban J connectivity index is 1.02. The Labute approximate surface area is 693 Å². The number of fused-ring (bicyclic) bond motifs is 1. The number of morpholine rings is 1. The first kappa shape index (κ1) is 90.9. The van der Waals surface area contributed by atoms with Gasteiger partial charge in [-0.25, -0.2) is 9.69 Å². The zero-order valence-electron chi connectivity index (χ0n) is 66.7. The van der Waals surface area contributed by atoms with Crippen molar-refractivity contribution in [3.8, 4) is 0 Å². The normalized spacial score (nSPS) is 16.8. The van der Waals surface area contributed by atoms with Crippen LogP contribution in [0.5, 0.6) is 0 Å². The summed E-state index contributed by atoms with van der Waals surface area (Å²) in [5.41, 5.74) is 15.1. The number of carbonyl (C=O) groups is 13. The number of aromatic nitrogens is 1. The Morgan fingerprint density at radius 2 is 1.14 bits per heavy atom. The van der Waals surface area contributed by atoms with Gasteiger partial charge in [0.15, 0.2) is 5.96 Å². The molecule has 0 bridgehead atoms. The van der Waals surface area contributed by atoms with Crippen LogP contribution < -0.4 is 59.3 Å². The molecule has 0 radical (unpaired) electrons. The molecule has 34 nitrogen and oxygen atoms in total. The van der Waals surface area contributed by atoms with Gasteiger partial charge in [0.1, 0.15) is 60.4 Å². The van der Waals surface area contributed by atoms with Crippen LogP contribution in [0.1, 0.15) is 105 Å². The highest BCUT2D eigenvalue weighted by atomic mass is 35.5. The van der Waals surface area contributed by atoms with E-state index in [9.17, 15) is 53.7 Å². The molecule has 3 aliphatic heterocycles. The molecule has 3 fully saturated rings. The molecule has 10 atom stereocenters. The summed E-state index contributed by atoms with van der Waals surface area (Å²) in [6, 6.07) is 21.3. The van der Waals surface area contributed by atoms with Gasteiger partial charge in [-0.2, -0.15) is 0 Å². The summed E-state index contributed by atoms with van der Waals surface area (Å²) in [5.74, 6) is -11.6. The van der Waals surface area contributed by atoms with E-state index in [1.807, 2.05) is 54.6 Å². The number of likely N-dealkylation sites (tertiary alicyclic amines) is 1. The lowest BCUT2D eigenvalue weighted by Gasteiger charge is -2.31. The number of carboxylic acid groups (broad SMARTS) is 2. The van der Waals surface area contributed by atoms with Gasteiger partial charge in [-0.3, -0.25) is 77.7 Å². The molecule has 9 rings (SSSR count). The maximum atomic E-state index is 15.6. The molecule has 6 aromatic rings. The SMILES string of the molecule is CC(C)C[C@H](NC(=O)[C@@H](Cc1ccc(CN2CCOCC2)cc1)NC(=O)[C@H](Cc1ccc(CN(CCC(=O)O)CCC(=O)O)cc1)NC(=O)[C@H](CO)NC(=O)[C@@H](Cc1cccnc1)NC(=O)C(Cc1ccc(Cl)cc1)N1C(=O)NC(Cc2ccc3ccccc3c2)C1=O)C(=O)N[C@@H](CCCNC(=N)N)C(=O)N1CCC[C@H]1C(=O)N[C@H](C)C(N)=O. The maximum absolute atomic E-state index is 15.6. The molecule has 12 amide bonds. The molecular weight excluding hydrogens is 1550 g/mol. The number of primary amides is 1. The summed E-state index contributed by atoms with van der Waals surface area (Å²) < 4.78 is 5.56. The van der Waals surface area contributed by atoms with Crippen molar-refractivity contribution in [1.29, 1.82) is 5.41 Å². The number of hydrogen-bond acceptors (Lipinski definition) is 19. The van der Waals surface area contributed by atoms with Crippen molar-refractivity contribution in [2.45, 2.75) is 171 Å². The van der Waals surface area contributed by atoms with Crippen LogP contribution in [0.25, 0.3) is 10.8 Å². The van der Waals surface area contributed by atoms with E-state index in [0.29, 0.717) is 72.1 Å². The summed E-state index contributed by atoms with van der Waals surface area (Å²) in [6.07, 6.45) is 1.94. The van der Waals surface area contributed by atoms with Crippen molar-refractivity contribution in [3.63, 3.8) is 0 Å². The number of imide groups is 1. The van der Waals surface area contributed by atoms with Crippen LogP contribution in [0, 0.1) is 11.3 Å². The highest BCUT2D eigenvalue weighted by Gasteiger charge is 2.46. The Morgan fingerprint density at radius 3 is 1.72 bits per heavy atom. The first-order valence-corrected chi connectivity index (χ1v) is 40.1. The number of guanidine groups is 1. The minimum atomic E-state index is -1.91. The second-order valence-electron chi connectivity index (χ2n) is 30.5. The predicted octanol–water partition coefficient (Wildman–Crippen LogP) is 1.47. The monoisotopic (exact) mass is 1660 g/mol. The molecule has 2 unspecified atom stereocenters. The summed E-state index contributed by atoms with van der Waals surface area (Å²) in [4.78, 5) is 194. The molecule has 4 heterocycles. The number of carboxylic acids is 2. The third-order valence-corrected chi connectivity index (χ3v) is 21.1. The van der Waals surface area contributed by atoms with Crippen LogP contribution in [0.4, 0.5) is 4.79 Å². The van der Waals surface area contributed by atoms with E-state index in [4.69, 9.17) is 33.2 Å². The van der Waals surface area contributed by atoms with Crippen molar-refractivity contribution in [1.82, 2.24) is 72.4 Å². The van der Waals surface area contributed by atoms with Gasteiger partial charge < -0.3 is 84.3 Å². The minimum absolute atomic E-state index is 0.00830. The molecule has 0 aliphatic carbocycles. The van der Waals surface area contributed by atoms with Crippen LogP contribution in [0.3, 0.4) is 0 Å². The zero-order valence-corrected chi connectivity index (χ0v) is 67.5. The average Bonchev–Trinajstić information content (AvgIpc) is 1.63. The largest absolute Gasteiger partial charge is 0.481 e. The molecule has 3 aliphatic rings. The predicted molar refractivity (Wildman–Crippen MR) is 439 cm³/mol. The lowest BCUT2D eigenvalue weighted by molar-refractivity contribution is -0.142. The topological polar surface area (TPSA) is 502 Å². The number of pyridine rings is 1. The third-order valence-electron chi connectivity index (χ3n) is 20.8. The fraction of sp³-hybridized carbons (Fsp3) is 0.440. The Bertz CT molecular complexity index is 4540. The first-order chi connectivity index (χ1) is 57.0. The van der Waals surface area contributed by atoms with E-state index in [-0.39, 0.29) is 115 Å². The van der Waals surface area contributed by atoms with E-state index in [2.05, 4.69) is 57.7 Å². The Morgan fingerprint density at radius 1 is 0.613 bits per heavy atom. The smallest absolute Gasteiger partial charge is 0.325 e. The van der Waals surface area contributed by atoms with Crippen LogP contribution in [-0.4, -0.2) is 242 Å². The molecule has 35 heteroatoms. The van der Waals surface area contributed by atoms with Gasteiger partial charge in [0.2, 0.25) is 53.2 Å². The van der Waals surface area contributed by atoms with Crippen molar-refractivity contribution >= 4 is 105 Å². The van der Waals surface area contributed by atoms with Gasteiger partial charge in [0.05, 0.1) is 32.7 Å². The number of urea groups is 1. The fourth-order valence-corrected chi connectivity index (χ4v) is 14.5.